The molecule has 1 heterocycles. The molecule has 0 aliphatic carbocycles. The average Bonchev–Trinajstić information content (AvgIpc) is 2.90. The molecule has 0 amide bonds. The van der Waals surface area contributed by atoms with Crippen LogP contribution in [0.2, 0.25) is 0 Å². The van der Waals surface area contributed by atoms with E-state index < -0.39 is 0 Å². The number of para-hydroxylation sites is 1. The van der Waals surface area contributed by atoms with Crippen molar-refractivity contribution >= 4 is 11.3 Å². The second-order valence-corrected chi connectivity index (χ2v) is 4.80. The molecule has 0 fully saturated rings. The summed E-state index contributed by atoms with van der Waals surface area (Å²) in [4.78, 5) is 1.18. The van der Waals surface area contributed by atoms with Crippen molar-refractivity contribution in [1.29, 1.82) is 0 Å². The fourth-order valence-corrected chi connectivity index (χ4v) is 2.53. The monoisotopic (exact) mass is 247 g/mol. The predicted octanol–water partition coefficient (Wildman–Crippen LogP) is 3.39. The first-order valence-corrected chi connectivity index (χ1v) is 6.71. The molecule has 0 saturated heterocycles. The van der Waals surface area contributed by atoms with Crippen molar-refractivity contribution in [3.8, 4) is 5.75 Å². The Balaban J connectivity index is 2.18. The highest BCUT2D eigenvalue weighted by Gasteiger charge is 2.13. The Labute approximate surface area is 106 Å². The summed E-state index contributed by atoms with van der Waals surface area (Å²) in [6.07, 6.45) is 0.931. The van der Waals surface area contributed by atoms with E-state index in [1.165, 1.54) is 10.4 Å². The summed E-state index contributed by atoms with van der Waals surface area (Å²) >= 11 is 1.68. The van der Waals surface area contributed by atoms with Crippen LogP contribution in [0, 0.1) is 0 Å². The smallest absolute Gasteiger partial charge is 0.145 e. The molecule has 2 N–H and O–H groups in total. The minimum atomic E-state index is -0.0392. The van der Waals surface area contributed by atoms with Gasteiger partial charge in [0.1, 0.15) is 11.9 Å². The number of hydrogen-bond acceptors (Lipinski definition) is 3. The molecular weight excluding hydrogens is 230 g/mol. The van der Waals surface area contributed by atoms with Gasteiger partial charge < -0.3 is 10.5 Å². The van der Waals surface area contributed by atoms with Crippen molar-refractivity contribution in [1.82, 2.24) is 0 Å². The van der Waals surface area contributed by atoms with E-state index in [1.54, 1.807) is 11.3 Å². The summed E-state index contributed by atoms with van der Waals surface area (Å²) in [6.45, 7) is 2.63. The van der Waals surface area contributed by atoms with E-state index >= 15 is 0 Å². The van der Waals surface area contributed by atoms with Gasteiger partial charge >= 0.3 is 0 Å². The molecule has 1 unspecified atom stereocenters. The fourth-order valence-electron chi connectivity index (χ4n) is 1.76. The van der Waals surface area contributed by atoms with E-state index in [1.807, 2.05) is 29.6 Å². The lowest BCUT2D eigenvalue weighted by Crippen LogP contribution is -2.17. The summed E-state index contributed by atoms with van der Waals surface area (Å²) < 4.78 is 6.02. The molecule has 17 heavy (non-hydrogen) atoms. The molecule has 1 aromatic heterocycles. The number of thiophene rings is 1. The van der Waals surface area contributed by atoms with Gasteiger partial charge in [0.2, 0.25) is 0 Å². The van der Waals surface area contributed by atoms with Gasteiger partial charge in [-0.15, -0.1) is 11.3 Å². The van der Waals surface area contributed by atoms with E-state index in [0.717, 1.165) is 12.2 Å². The highest BCUT2D eigenvalue weighted by molar-refractivity contribution is 7.10. The third-order valence-electron chi connectivity index (χ3n) is 2.70. The van der Waals surface area contributed by atoms with Gasteiger partial charge in [0.15, 0.2) is 0 Å². The second-order valence-electron chi connectivity index (χ2n) is 3.82. The Kier molecular flexibility index (Phi) is 4.18. The lowest BCUT2D eigenvalue weighted by atomic mass is 10.1. The Morgan fingerprint density at radius 2 is 2.06 bits per heavy atom. The zero-order valence-corrected chi connectivity index (χ0v) is 10.7. The van der Waals surface area contributed by atoms with Crippen LogP contribution >= 0.6 is 11.3 Å². The molecule has 1 atom stereocenters. The van der Waals surface area contributed by atoms with Crippen LogP contribution in [0.3, 0.4) is 0 Å². The Morgan fingerprint density at radius 3 is 2.71 bits per heavy atom. The van der Waals surface area contributed by atoms with Crippen LogP contribution in [0.4, 0.5) is 0 Å². The number of ether oxygens (including phenoxy) is 1. The van der Waals surface area contributed by atoms with Crippen molar-refractivity contribution in [3.05, 3.63) is 52.2 Å². The first-order valence-electron chi connectivity index (χ1n) is 5.83. The largest absolute Gasteiger partial charge is 0.483 e. The first kappa shape index (κ1) is 12.1. The molecule has 3 heteroatoms. The first-order chi connectivity index (χ1) is 8.35. The van der Waals surface area contributed by atoms with Crippen molar-refractivity contribution < 1.29 is 4.74 Å². The molecule has 0 aliphatic rings. The summed E-state index contributed by atoms with van der Waals surface area (Å²) in [7, 11) is 0. The summed E-state index contributed by atoms with van der Waals surface area (Å²) in [5.41, 5.74) is 7.01. The van der Waals surface area contributed by atoms with Gasteiger partial charge in [0.25, 0.3) is 0 Å². The van der Waals surface area contributed by atoms with Gasteiger partial charge in [-0.2, -0.15) is 0 Å². The number of rotatable bonds is 5. The number of nitrogens with two attached hydrogens (primary N) is 1. The maximum absolute atomic E-state index is 6.02. The van der Waals surface area contributed by atoms with E-state index in [9.17, 15) is 0 Å². The number of benzene rings is 1. The van der Waals surface area contributed by atoms with Crippen LogP contribution in [0.25, 0.3) is 0 Å². The van der Waals surface area contributed by atoms with E-state index in [-0.39, 0.29) is 6.10 Å². The third kappa shape index (κ3) is 2.87. The minimum absolute atomic E-state index is 0.0392. The molecule has 0 radical (unpaired) electrons. The molecule has 90 valence electrons. The van der Waals surface area contributed by atoms with Gasteiger partial charge in [-0.05, 0) is 29.5 Å². The summed E-state index contributed by atoms with van der Waals surface area (Å²) in [5, 5.41) is 2.05. The van der Waals surface area contributed by atoms with Crippen molar-refractivity contribution in [3.63, 3.8) is 0 Å². The van der Waals surface area contributed by atoms with Crippen LogP contribution in [0.15, 0.2) is 41.8 Å². The second kappa shape index (κ2) is 5.84. The molecule has 0 spiro atoms. The maximum Gasteiger partial charge on any atom is 0.145 e. The fraction of sp³-hybridized carbons (Fsp3) is 0.286. The van der Waals surface area contributed by atoms with Crippen molar-refractivity contribution in [2.24, 2.45) is 5.73 Å². The standard InChI is InChI=1S/C14H17NOS/c1-2-11-6-3-4-7-12(11)16-13(10-15)14-8-5-9-17-14/h3-9,13H,2,10,15H2,1H3. The van der Waals surface area contributed by atoms with Crippen LogP contribution in [0.5, 0.6) is 5.75 Å². The molecule has 0 saturated carbocycles. The average molecular weight is 247 g/mol. The SMILES string of the molecule is CCc1ccccc1OC(CN)c1cccs1. The van der Waals surface area contributed by atoms with Crippen LogP contribution < -0.4 is 10.5 Å². The van der Waals surface area contributed by atoms with Gasteiger partial charge in [0.05, 0.1) is 0 Å². The molecule has 2 rings (SSSR count). The Hall–Kier alpha value is -1.32. The van der Waals surface area contributed by atoms with E-state index in [2.05, 4.69) is 19.1 Å². The molecule has 0 aliphatic heterocycles. The van der Waals surface area contributed by atoms with Gasteiger partial charge in [-0.1, -0.05) is 31.2 Å². The van der Waals surface area contributed by atoms with Crippen molar-refractivity contribution in [2.75, 3.05) is 6.54 Å². The Bertz CT molecular complexity index is 453. The summed E-state index contributed by atoms with van der Waals surface area (Å²) in [5.74, 6) is 0.943. The Morgan fingerprint density at radius 1 is 1.24 bits per heavy atom. The number of aryl methyl sites for hydroxylation is 1. The van der Waals surface area contributed by atoms with Crippen molar-refractivity contribution in [2.45, 2.75) is 19.4 Å². The van der Waals surface area contributed by atoms with Crippen LogP contribution in [0.1, 0.15) is 23.5 Å². The quantitative estimate of drug-likeness (QED) is 0.879. The normalized spacial score (nSPS) is 12.4. The molecule has 2 aromatic rings. The van der Waals surface area contributed by atoms with Gasteiger partial charge in [-0.25, -0.2) is 0 Å². The van der Waals surface area contributed by atoms with E-state index in [0.29, 0.717) is 6.54 Å². The van der Waals surface area contributed by atoms with Gasteiger partial charge in [-0.3, -0.25) is 0 Å². The zero-order valence-electron chi connectivity index (χ0n) is 9.93. The number of hydrogen-bond donors (Lipinski definition) is 1. The highest BCUT2D eigenvalue weighted by Crippen LogP contribution is 2.27. The topological polar surface area (TPSA) is 35.2 Å². The van der Waals surface area contributed by atoms with Crippen LogP contribution in [-0.2, 0) is 6.42 Å². The van der Waals surface area contributed by atoms with Gasteiger partial charge in [0, 0.05) is 11.4 Å². The molecule has 1 aromatic carbocycles. The minimum Gasteiger partial charge on any atom is -0.483 e. The summed E-state index contributed by atoms with van der Waals surface area (Å²) in [6, 6.07) is 12.2. The molecule has 0 bridgehead atoms. The van der Waals surface area contributed by atoms with Crippen LogP contribution in [-0.4, -0.2) is 6.54 Å². The maximum atomic E-state index is 6.02. The lowest BCUT2D eigenvalue weighted by Gasteiger charge is -2.18. The molecular formula is C14H17NOS. The predicted molar refractivity (Wildman–Crippen MR) is 72.6 cm³/mol. The lowest BCUT2D eigenvalue weighted by molar-refractivity contribution is 0.216. The third-order valence-corrected chi connectivity index (χ3v) is 3.66. The zero-order chi connectivity index (χ0) is 12.1. The highest BCUT2D eigenvalue weighted by atomic mass is 32.1. The molecule has 2 nitrogen and oxygen atoms in total. The van der Waals surface area contributed by atoms with E-state index in [4.69, 9.17) is 10.5 Å².